The molecule has 1 amide bonds. The first-order chi connectivity index (χ1) is 16.9. The van der Waals surface area contributed by atoms with E-state index in [2.05, 4.69) is 60.5 Å². The van der Waals surface area contributed by atoms with E-state index in [-0.39, 0.29) is 29.4 Å². The Morgan fingerprint density at radius 2 is 1.97 bits per heavy atom. The normalized spacial score (nSPS) is 24.6. The number of hydrogen-bond acceptors (Lipinski definition) is 5. The number of hydrogen-bond donors (Lipinski definition) is 2. The number of amides is 1. The van der Waals surface area contributed by atoms with Crippen LogP contribution in [0.2, 0.25) is 0 Å². The summed E-state index contributed by atoms with van der Waals surface area (Å²) >= 11 is 0. The molecule has 6 nitrogen and oxygen atoms in total. The second-order valence-electron chi connectivity index (χ2n) is 11.0. The lowest BCUT2D eigenvalue weighted by Crippen LogP contribution is -2.36. The summed E-state index contributed by atoms with van der Waals surface area (Å²) in [5.41, 5.74) is 5.55. The van der Waals surface area contributed by atoms with E-state index in [1.54, 1.807) is 0 Å². The van der Waals surface area contributed by atoms with Crippen LogP contribution in [-0.4, -0.2) is 61.4 Å². The highest BCUT2D eigenvalue weighted by molar-refractivity contribution is 5.95. The van der Waals surface area contributed by atoms with Crippen molar-refractivity contribution in [3.05, 3.63) is 59.2 Å². The summed E-state index contributed by atoms with van der Waals surface area (Å²) in [6.45, 7) is 11.4. The van der Waals surface area contributed by atoms with Crippen LogP contribution in [0.15, 0.2) is 42.5 Å². The molecule has 2 aromatic rings. The summed E-state index contributed by atoms with van der Waals surface area (Å²) < 4.78 is 5.52. The number of ether oxygens (including phenoxy) is 1. The van der Waals surface area contributed by atoms with Gasteiger partial charge in [0.15, 0.2) is 0 Å². The molecule has 3 unspecified atom stereocenters. The average Bonchev–Trinajstić information content (AvgIpc) is 3.38. The molecule has 3 aliphatic rings. The number of nitrogens with zero attached hydrogens (tertiary/aromatic N) is 2. The molecule has 2 fully saturated rings. The Balaban J connectivity index is 1.34. The van der Waals surface area contributed by atoms with Crippen LogP contribution >= 0.6 is 0 Å². The van der Waals surface area contributed by atoms with Crippen LogP contribution in [0.3, 0.4) is 0 Å². The summed E-state index contributed by atoms with van der Waals surface area (Å²) in [6.07, 6.45) is 2.25. The molecule has 35 heavy (non-hydrogen) atoms. The molecular formula is C29H39N3O3. The number of nitrogens with one attached hydrogen (secondary N) is 1. The van der Waals surface area contributed by atoms with E-state index in [1.165, 1.54) is 16.8 Å². The maximum atomic E-state index is 13.3. The molecule has 0 aliphatic carbocycles. The molecule has 0 spiro atoms. The minimum Gasteiger partial charge on any atom is -0.393 e. The molecule has 3 heterocycles. The van der Waals surface area contributed by atoms with Crippen molar-refractivity contribution >= 4 is 17.3 Å². The summed E-state index contributed by atoms with van der Waals surface area (Å²) in [7, 11) is 0. The van der Waals surface area contributed by atoms with Gasteiger partial charge in [-0.1, -0.05) is 32.9 Å². The van der Waals surface area contributed by atoms with Crippen molar-refractivity contribution in [2.45, 2.75) is 57.6 Å². The topological polar surface area (TPSA) is 65.0 Å². The maximum absolute atomic E-state index is 13.3. The zero-order chi connectivity index (χ0) is 24.6. The number of fused-ring (bicyclic) bond motifs is 1. The minimum absolute atomic E-state index is 0.0670. The fourth-order valence-corrected chi connectivity index (χ4v) is 5.98. The van der Waals surface area contributed by atoms with Crippen LogP contribution in [0.5, 0.6) is 0 Å². The van der Waals surface area contributed by atoms with Gasteiger partial charge in [-0.3, -0.25) is 4.79 Å². The highest BCUT2D eigenvalue weighted by Gasteiger charge is 2.36. The summed E-state index contributed by atoms with van der Waals surface area (Å²) in [6, 6.07) is 15.2. The average molecular weight is 478 g/mol. The minimum atomic E-state index is -0.321. The molecule has 6 heteroatoms. The lowest BCUT2D eigenvalue weighted by molar-refractivity contribution is 0.0745. The molecule has 0 saturated carbocycles. The quantitative estimate of drug-likeness (QED) is 0.659. The van der Waals surface area contributed by atoms with Gasteiger partial charge in [0.05, 0.1) is 25.4 Å². The number of carbonyl (C=O) groups excluding carboxylic acids is 1. The van der Waals surface area contributed by atoms with Gasteiger partial charge in [-0.15, -0.1) is 0 Å². The summed E-state index contributed by atoms with van der Waals surface area (Å²) in [5, 5.41) is 14.0. The fourth-order valence-electron chi connectivity index (χ4n) is 5.98. The largest absolute Gasteiger partial charge is 0.393 e. The van der Waals surface area contributed by atoms with Gasteiger partial charge in [0.1, 0.15) is 0 Å². The molecule has 2 N–H and O–H groups in total. The van der Waals surface area contributed by atoms with Crippen LogP contribution < -0.4 is 10.2 Å². The van der Waals surface area contributed by atoms with Crippen LogP contribution in [0.25, 0.3) is 0 Å². The second kappa shape index (κ2) is 9.82. The number of likely N-dealkylation sites (tertiary alicyclic amines) is 1. The van der Waals surface area contributed by atoms with Gasteiger partial charge < -0.3 is 25.0 Å². The van der Waals surface area contributed by atoms with Crippen molar-refractivity contribution in [1.82, 2.24) is 4.90 Å². The molecule has 5 rings (SSSR count). The number of benzene rings is 2. The van der Waals surface area contributed by atoms with Crippen LogP contribution in [0.4, 0.5) is 11.4 Å². The van der Waals surface area contributed by atoms with Gasteiger partial charge >= 0.3 is 0 Å². The monoisotopic (exact) mass is 477 g/mol. The number of aliphatic hydroxyl groups excluding tert-OH is 1. The Bertz CT molecular complexity index is 1060. The predicted octanol–water partition coefficient (Wildman–Crippen LogP) is 4.59. The lowest BCUT2D eigenvalue weighted by Gasteiger charge is -2.39. The maximum Gasteiger partial charge on any atom is 0.253 e. The number of morpholine rings is 1. The molecule has 0 aromatic heterocycles. The first-order valence-corrected chi connectivity index (χ1v) is 13.2. The van der Waals surface area contributed by atoms with Crippen molar-refractivity contribution in [3.8, 4) is 0 Å². The Morgan fingerprint density at radius 3 is 2.74 bits per heavy atom. The van der Waals surface area contributed by atoms with Crippen molar-refractivity contribution < 1.29 is 14.6 Å². The Labute approximate surface area is 209 Å². The highest BCUT2D eigenvalue weighted by Crippen LogP contribution is 2.45. The molecule has 0 radical (unpaired) electrons. The Kier molecular flexibility index (Phi) is 6.78. The third-order valence-electron chi connectivity index (χ3n) is 8.16. The van der Waals surface area contributed by atoms with E-state index >= 15 is 0 Å². The van der Waals surface area contributed by atoms with E-state index in [4.69, 9.17) is 4.74 Å². The number of carbonyl (C=O) groups is 1. The molecule has 2 aromatic carbocycles. The summed E-state index contributed by atoms with van der Waals surface area (Å²) in [4.78, 5) is 17.6. The zero-order valence-electron chi connectivity index (χ0n) is 21.3. The zero-order valence-corrected chi connectivity index (χ0v) is 21.3. The van der Waals surface area contributed by atoms with Gasteiger partial charge in [-0.05, 0) is 66.1 Å². The standard InChI is InChI=1S/C29H39N3O3/c1-4-27(33)22-10-11-32(19-22)28(34)21-8-9-25-24(17-21)29(2,3)18-26(30-25)20-6-5-7-23(16-20)31-12-14-35-15-13-31/h5-9,16-17,22,26-27,30,33H,4,10-15,18-19H2,1-3H3. The molecule has 2 saturated heterocycles. The predicted molar refractivity (Wildman–Crippen MR) is 140 cm³/mol. The highest BCUT2D eigenvalue weighted by atomic mass is 16.5. The third kappa shape index (κ3) is 4.91. The van der Waals surface area contributed by atoms with Crippen molar-refractivity contribution in [1.29, 1.82) is 0 Å². The number of rotatable bonds is 5. The smallest absolute Gasteiger partial charge is 0.253 e. The second-order valence-corrected chi connectivity index (χ2v) is 11.0. The van der Waals surface area contributed by atoms with Gasteiger partial charge in [-0.2, -0.15) is 0 Å². The van der Waals surface area contributed by atoms with E-state index < -0.39 is 0 Å². The first kappa shape index (κ1) is 24.1. The lowest BCUT2D eigenvalue weighted by atomic mass is 9.73. The molecule has 3 atom stereocenters. The van der Waals surface area contributed by atoms with Crippen molar-refractivity contribution in [3.63, 3.8) is 0 Å². The fraction of sp³-hybridized carbons (Fsp3) is 0.552. The van der Waals surface area contributed by atoms with Crippen molar-refractivity contribution in [2.24, 2.45) is 5.92 Å². The molecule has 3 aliphatic heterocycles. The van der Waals surface area contributed by atoms with E-state index in [9.17, 15) is 9.90 Å². The third-order valence-corrected chi connectivity index (χ3v) is 8.16. The van der Waals surface area contributed by atoms with E-state index in [0.29, 0.717) is 6.54 Å². The van der Waals surface area contributed by atoms with Crippen LogP contribution in [0.1, 0.15) is 67.6 Å². The Hall–Kier alpha value is -2.57. The molecule has 188 valence electrons. The van der Waals surface area contributed by atoms with Crippen LogP contribution in [-0.2, 0) is 10.2 Å². The number of aliphatic hydroxyl groups is 1. The van der Waals surface area contributed by atoms with Gasteiger partial charge in [0, 0.05) is 49.0 Å². The van der Waals surface area contributed by atoms with Gasteiger partial charge in [0.2, 0.25) is 0 Å². The van der Waals surface area contributed by atoms with E-state index in [1.807, 2.05) is 17.9 Å². The van der Waals surface area contributed by atoms with Crippen molar-refractivity contribution in [2.75, 3.05) is 49.6 Å². The number of anilines is 2. The van der Waals surface area contributed by atoms with Gasteiger partial charge in [-0.25, -0.2) is 0 Å². The van der Waals surface area contributed by atoms with E-state index in [0.717, 1.165) is 63.4 Å². The van der Waals surface area contributed by atoms with Gasteiger partial charge in [0.25, 0.3) is 5.91 Å². The Morgan fingerprint density at radius 1 is 1.17 bits per heavy atom. The SMILES string of the molecule is CCC(O)C1CCN(C(=O)c2ccc3c(c2)C(C)(C)CC(c2cccc(N4CCOCC4)c2)N3)C1. The van der Waals surface area contributed by atoms with Crippen LogP contribution in [0, 0.1) is 5.92 Å². The molecular weight excluding hydrogens is 438 g/mol. The summed E-state index contributed by atoms with van der Waals surface area (Å²) in [5.74, 6) is 0.267. The first-order valence-electron chi connectivity index (χ1n) is 13.2. The molecule has 0 bridgehead atoms.